The van der Waals surface area contributed by atoms with Crippen LogP contribution in [0.1, 0.15) is 19.3 Å². The first-order valence-corrected chi connectivity index (χ1v) is 4.19. The van der Waals surface area contributed by atoms with Crippen LogP contribution in [0.3, 0.4) is 0 Å². The van der Waals surface area contributed by atoms with Gasteiger partial charge in [0.25, 0.3) is 0 Å². The topological polar surface area (TPSA) is 74.7 Å². The van der Waals surface area contributed by atoms with Crippen molar-refractivity contribution < 1.29 is 19.5 Å². The molecule has 0 radical (unpaired) electrons. The Balaban J connectivity index is 2.25. The first-order chi connectivity index (χ1) is 6.11. The highest BCUT2D eigenvalue weighted by molar-refractivity contribution is 6.13. The first-order valence-electron chi connectivity index (χ1n) is 4.19. The molecule has 70 valence electrons. The Morgan fingerprint density at radius 2 is 2.00 bits per heavy atom. The number of carboxylic acid groups (broad SMARTS) is 1. The minimum Gasteiger partial charge on any atom is -0.465 e. The van der Waals surface area contributed by atoms with Gasteiger partial charge in [-0.1, -0.05) is 0 Å². The highest BCUT2D eigenvalue weighted by atomic mass is 16.4. The second kappa shape index (κ2) is 2.55. The summed E-state index contributed by atoms with van der Waals surface area (Å²) >= 11 is 0. The van der Waals surface area contributed by atoms with Crippen LogP contribution in [-0.4, -0.2) is 33.8 Å². The minimum atomic E-state index is -1.30. The molecule has 2 aliphatic rings. The molecule has 2 amide bonds. The third-order valence-electron chi connectivity index (χ3n) is 2.48. The summed E-state index contributed by atoms with van der Waals surface area (Å²) in [4.78, 5) is 33.7. The molecule has 1 saturated carbocycles. The van der Waals surface area contributed by atoms with Gasteiger partial charge in [0.05, 0.1) is 6.42 Å². The van der Waals surface area contributed by atoms with Crippen LogP contribution in [0.15, 0.2) is 0 Å². The van der Waals surface area contributed by atoms with Crippen LogP contribution in [0.4, 0.5) is 4.79 Å². The third kappa shape index (κ3) is 1.20. The lowest BCUT2D eigenvalue weighted by Crippen LogP contribution is -2.40. The summed E-state index contributed by atoms with van der Waals surface area (Å²) in [5.41, 5.74) is 0. The van der Waals surface area contributed by atoms with Crippen molar-refractivity contribution in [1.82, 2.24) is 4.90 Å². The van der Waals surface area contributed by atoms with Crippen LogP contribution < -0.4 is 0 Å². The summed E-state index contributed by atoms with van der Waals surface area (Å²) in [5.74, 6) is -0.723. The maximum Gasteiger partial charge on any atom is 0.414 e. The molecule has 5 nitrogen and oxygen atoms in total. The fourth-order valence-corrected chi connectivity index (χ4v) is 1.75. The highest BCUT2D eigenvalue weighted by Gasteiger charge is 2.49. The predicted octanol–water partition coefficient (Wildman–Crippen LogP) is 0.244. The number of amides is 2. The molecule has 1 aliphatic carbocycles. The zero-order chi connectivity index (χ0) is 9.59. The molecular formula is C8H9NO4. The molecular weight excluding hydrogens is 174 g/mol. The van der Waals surface area contributed by atoms with E-state index in [0.29, 0.717) is 4.90 Å². The zero-order valence-electron chi connectivity index (χ0n) is 6.90. The number of hydrogen-bond acceptors (Lipinski definition) is 3. The second-order valence-corrected chi connectivity index (χ2v) is 3.47. The number of hydrogen-bond donors (Lipinski definition) is 1. The van der Waals surface area contributed by atoms with E-state index in [2.05, 4.69) is 0 Å². The van der Waals surface area contributed by atoms with Gasteiger partial charge in [-0.15, -0.1) is 0 Å². The van der Waals surface area contributed by atoms with Gasteiger partial charge < -0.3 is 5.11 Å². The van der Waals surface area contributed by atoms with Gasteiger partial charge in [0, 0.05) is 0 Å². The highest BCUT2D eigenvalue weighted by Crippen LogP contribution is 2.38. The molecule has 0 aromatic carbocycles. The van der Waals surface area contributed by atoms with Gasteiger partial charge in [0.1, 0.15) is 6.04 Å². The maximum atomic E-state index is 11.3. The van der Waals surface area contributed by atoms with E-state index < -0.39 is 18.0 Å². The monoisotopic (exact) mass is 183 g/mol. The van der Waals surface area contributed by atoms with Gasteiger partial charge >= 0.3 is 6.09 Å². The number of likely N-dealkylation sites (tertiary alicyclic amines) is 1. The molecule has 0 aromatic rings. The number of ketones is 1. The van der Waals surface area contributed by atoms with E-state index >= 15 is 0 Å². The van der Waals surface area contributed by atoms with E-state index in [4.69, 9.17) is 5.11 Å². The third-order valence-corrected chi connectivity index (χ3v) is 2.48. The molecule has 2 rings (SSSR count). The van der Waals surface area contributed by atoms with Gasteiger partial charge in [-0.2, -0.15) is 0 Å². The average Bonchev–Trinajstić information content (AvgIpc) is 2.77. The minimum absolute atomic E-state index is 0.0926. The molecule has 2 fully saturated rings. The molecule has 0 bridgehead atoms. The summed E-state index contributed by atoms with van der Waals surface area (Å²) < 4.78 is 0. The Kier molecular flexibility index (Phi) is 1.61. The van der Waals surface area contributed by atoms with Crippen molar-refractivity contribution in [3.8, 4) is 0 Å². The van der Waals surface area contributed by atoms with Gasteiger partial charge in [-0.25, -0.2) is 9.69 Å². The maximum absolute atomic E-state index is 11.3. The van der Waals surface area contributed by atoms with Crippen LogP contribution in [0, 0.1) is 5.92 Å². The van der Waals surface area contributed by atoms with Gasteiger partial charge in [0.2, 0.25) is 5.91 Å². The van der Waals surface area contributed by atoms with E-state index in [1.807, 2.05) is 0 Å². The van der Waals surface area contributed by atoms with Crippen LogP contribution in [-0.2, 0) is 9.59 Å². The summed E-state index contributed by atoms with van der Waals surface area (Å²) in [6, 6.07) is -0.676. The lowest BCUT2D eigenvalue weighted by atomic mass is 10.1. The normalized spacial score (nSPS) is 28.3. The Bertz CT molecular complexity index is 295. The van der Waals surface area contributed by atoms with Crippen molar-refractivity contribution in [1.29, 1.82) is 0 Å². The number of imide groups is 1. The van der Waals surface area contributed by atoms with E-state index in [1.165, 1.54) is 0 Å². The van der Waals surface area contributed by atoms with E-state index in [0.717, 1.165) is 12.8 Å². The molecule has 1 atom stereocenters. The Hall–Kier alpha value is -1.39. The number of Topliss-reactive ketones (excluding diaryl/α,β-unsaturated/α-hetero) is 1. The van der Waals surface area contributed by atoms with E-state index in [1.54, 1.807) is 0 Å². The van der Waals surface area contributed by atoms with Gasteiger partial charge in [-0.05, 0) is 18.8 Å². The summed E-state index contributed by atoms with van der Waals surface area (Å²) in [6.07, 6.45) is 0.168. The smallest absolute Gasteiger partial charge is 0.414 e. The molecule has 1 unspecified atom stereocenters. The molecule has 13 heavy (non-hydrogen) atoms. The average molecular weight is 183 g/mol. The predicted molar refractivity (Wildman–Crippen MR) is 41.0 cm³/mol. The lowest BCUT2D eigenvalue weighted by molar-refractivity contribution is -0.127. The standard InChI is InChI=1S/C8H9NO4/c10-5-3-6(11)9(8(12)13)7(5)4-1-2-4/h4,7H,1-3H2,(H,12,13). The van der Waals surface area contributed by atoms with Crippen molar-refractivity contribution in [2.45, 2.75) is 25.3 Å². The molecule has 1 aliphatic heterocycles. The van der Waals surface area contributed by atoms with Crippen molar-refractivity contribution in [3.05, 3.63) is 0 Å². The molecule has 0 aromatic heterocycles. The fraction of sp³-hybridized carbons (Fsp3) is 0.625. The number of carbonyl (C=O) groups excluding carboxylic acids is 2. The second-order valence-electron chi connectivity index (χ2n) is 3.47. The zero-order valence-corrected chi connectivity index (χ0v) is 6.90. The largest absolute Gasteiger partial charge is 0.465 e. The Morgan fingerprint density at radius 3 is 2.46 bits per heavy atom. The van der Waals surface area contributed by atoms with E-state index in [-0.39, 0.29) is 18.1 Å². The Morgan fingerprint density at radius 1 is 1.38 bits per heavy atom. The molecule has 1 heterocycles. The van der Waals surface area contributed by atoms with Crippen molar-refractivity contribution >= 4 is 17.8 Å². The molecule has 5 heteroatoms. The summed E-state index contributed by atoms with van der Waals surface area (Å²) in [7, 11) is 0. The number of rotatable bonds is 1. The lowest BCUT2D eigenvalue weighted by Gasteiger charge is -2.17. The van der Waals surface area contributed by atoms with Gasteiger partial charge in [-0.3, -0.25) is 9.59 Å². The van der Waals surface area contributed by atoms with E-state index in [9.17, 15) is 14.4 Å². The Labute approximate surface area is 74.3 Å². The molecule has 1 N–H and O–H groups in total. The molecule has 1 saturated heterocycles. The van der Waals surface area contributed by atoms with Gasteiger partial charge in [0.15, 0.2) is 5.78 Å². The first kappa shape index (κ1) is 8.22. The van der Waals surface area contributed by atoms with Crippen molar-refractivity contribution in [2.75, 3.05) is 0 Å². The fourth-order valence-electron chi connectivity index (χ4n) is 1.75. The van der Waals surface area contributed by atoms with Crippen molar-refractivity contribution in [2.24, 2.45) is 5.92 Å². The quantitative estimate of drug-likeness (QED) is 0.591. The van der Waals surface area contributed by atoms with Crippen LogP contribution >= 0.6 is 0 Å². The van der Waals surface area contributed by atoms with Crippen LogP contribution in [0.25, 0.3) is 0 Å². The van der Waals surface area contributed by atoms with Crippen LogP contribution in [0.5, 0.6) is 0 Å². The SMILES string of the molecule is O=C1CC(=O)N(C(=O)O)C1C1CC1. The number of carbonyl (C=O) groups is 3. The van der Waals surface area contributed by atoms with Crippen LogP contribution in [0.2, 0.25) is 0 Å². The van der Waals surface area contributed by atoms with Crippen molar-refractivity contribution in [3.63, 3.8) is 0 Å². The summed E-state index contributed by atoms with van der Waals surface area (Å²) in [5, 5.41) is 8.70. The molecule has 0 spiro atoms. The summed E-state index contributed by atoms with van der Waals surface area (Å²) in [6.45, 7) is 0. The number of nitrogens with zero attached hydrogens (tertiary/aromatic N) is 1.